The molecule has 1 aliphatic rings. The lowest BCUT2D eigenvalue weighted by atomic mass is 9.88. The molecule has 0 bridgehead atoms. The molecule has 1 N–H and O–H groups in total. The maximum atomic E-state index is 12.1. The van der Waals surface area contributed by atoms with Gasteiger partial charge in [-0.15, -0.1) is 0 Å². The third-order valence-corrected chi connectivity index (χ3v) is 3.50. The molecule has 106 valence electrons. The number of nitriles is 1. The van der Waals surface area contributed by atoms with E-state index in [-0.39, 0.29) is 5.91 Å². The number of hydrogen-bond donors (Lipinski definition) is 1. The van der Waals surface area contributed by atoms with Crippen LogP contribution in [0.4, 0.5) is 0 Å². The maximum absolute atomic E-state index is 12.1. The quantitative estimate of drug-likeness (QED) is 0.793. The first-order valence-electron chi connectivity index (χ1n) is 6.53. The van der Waals surface area contributed by atoms with Gasteiger partial charge in [0.1, 0.15) is 11.5 Å². The van der Waals surface area contributed by atoms with E-state index < -0.39 is 17.4 Å². The van der Waals surface area contributed by atoms with Crippen LogP contribution in [-0.4, -0.2) is 49.1 Å². The molecule has 0 spiro atoms. The van der Waals surface area contributed by atoms with Gasteiger partial charge in [-0.2, -0.15) is 5.26 Å². The summed E-state index contributed by atoms with van der Waals surface area (Å²) in [5.74, 6) is -0.528. The van der Waals surface area contributed by atoms with E-state index in [1.54, 1.807) is 25.7 Å². The van der Waals surface area contributed by atoms with Gasteiger partial charge in [-0.25, -0.2) is 0 Å². The van der Waals surface area contributed by atoms with Gasteiger partial charge < -0.3 is 15.0 Å². The Kier molecular flexibility index (Phi) is 5.31. The molecule has 6 heteroatoms. The highest BCUT2D eigenvalue weighted by Gasteiger charge is 2.34. The lowest BCUT2D eigenvalue weighted by Crippen LogP contribution is -2.52. The van der Waals surface area contributed by atoms with Crippen LogP contribution in [0.3, 0.4) is 0 Å². The number of ether oxygens (including phenoxy) is 1. The number of rotatable bonds is 4. The molecule has 0 aliphatic carbocycles. The predicted octanol–water partition coefficient (Wildman–Crippen LogP) is 0.290. The van der Waals surface area contributed by atoms with Crippen molar-refractivity contribution in [1.82, 2.24) is 10.2 Å². The summed E-state index contributed by atoms with van der Waals surface area (Å²) in [6.07, 6.45) is 0.411. The van der Waals surface area contributed by atoms with Gasteiger partial charge in [-0.3, -0.25) is 9.59 Å². The Hall–Kier alpha value is -1.61. The minimum absolute atomic E-state index is 0.131. The first-order valence-corrected chi connectivity index (χ1v) is 6.53. The minimum atomic E-state index is -1.08. The van der Waals surface area contributed by atoms with Crippen molar-refractivity contribution < 1.29 is 14.3 Å². The van der Waals surface area contributed by atoms with E-state index in [0.717, 1.165) is 0 Å². The summed E-state index contributed by atoms with van der Waals surface area (Å²) in [4.78, 5) is 25.8. The second-order valence-electron chi connectivity index (χ2n) is 4.93. The Morgan fingerprint density at radius 2 is 2.05 bits per heavy atom. The summed E-state index contributed by atoms with van der Waals surface area (Å²) in [5, 5.41) is 11.7. The van der Waals surface area contributed by atoms with Crippen LogP contribution in [0, 0.1) is 16.7 Å². The van der Waals surface area contributed by atoms with Crippen LogP contribution in [-0.2, 0) is 14.3 Å². The smallest absolute Gasteiger partial charge is 0.245 e. The summed E-state index contributed by atoms with van der Waals surface area (Å²) < 4.78 is 5.18. The van der Waals surface area contributed by atoms with Crippen molar-refractivity contribution in [2.75, 3.05) is 26.3 Å². The third kappa shape index (κ3) is 3.67. The minimum Gasteiger partial charge on any atom is -0.378 e. The van der Waals surface area contributed by atoms with Gasteiger partial charge in [0.2, 0.25) is 11.8 Å². The Balaban J connectivity index is 2.59. The van der Waals surface area contributed by atoms with Crippen LogP contribution in [0.2, 0.25) is 0 Å². The zero-order chi connectivity index (χ0) is 14.5. The van der Waals surface area contributed by atoms with Crippen LogP contribution < -0.4 is 5.32 Å². The molecule has 0 radical (unpaired) electrons. The fraction of sp³-hybridized carbons (Fsp3) is 0.769. The molecular weight excluding hydrogens is 246 g/mol. The van der Waals surface area contributed by atoms with Crippen molar-refractivity contribution in [3.63, 3.8) is 0 Å². The largest absolute Gasteiger partial charge is 0.378 e. The van der Waals surface area contributed by atoms with E-state index in [2.05, 4.69) is 5.32 Å². The Labute approximate surface area is 113 Å². The van der Waals surface area contributed by atoms with Gasteiger partial charge in [-0.05, 0) is 20.3 Å². The third-order valence-electron chi connectivity index (χ3n) is 3.50. The molecule has 0 aromatic carbocycles. The SMILES string of the molecule is CCC(C)(C#N)C(=O)NC(C)C(=O)N1CCOCC1. The first-order chi connectivity index (χ1) is 8.94. The summed E-state index contributed by atoms with van der Waals surface area (Å²) in [6.45, 7) is 7.13. The van der Waals surface area contributed by atoms with E-state index in [4.69, 9.17) is 10.00 Å². The van der Waals surface area contributed by atoms with Gasteiger partial charge in [0, 0.05) is 13.1 Å². The molecule has 2 atom stereocenters. The summed E-state index contributed by atoms with van der Waals surface area (Å²) >= 11 is 0. The Bertz CT molecular complexity index is 385. The highest BCUT2D eigenvalue weighted by Crippen LogP contribution is 2.19. The number of nitrogens with one attached hydrogen (secondary N) is 1. The zero-order valence-corrected chi connectivity index (χ0v) is 11.7. The van der Waals surface area contributed by atoms with Gasteiger partial charge in [0.15, 0.2) is 0 Å². The number of amides is 2. The molecule has 1 saturated heterocycles. The lowest BCUT2D eigenvalue weighted by molar-refractivity contribution is -0.140. The van der Waals surface area contributed by atoms with Gasteiger partial charge in [0.05, 0.1) is 19.3 Å². The first kappa shape index (κ1) is 15.4. The Morgan fingerprint density at radius 1 is 1.47 bits per heavy atom. The second-order valence-corrected chi connectivity index (χ2v) is 4.93. The molecule has 6 nitrogen and oxygen atoms in total. The number of morpholine rings is 1. The molecule has 2 amide bonds. The van der Waals surface area contributed by atoms with Crippen molar-refractivity contribution in [2.45, 2.75) is 33.2 Å². The molecule has 0 aromatic rings. The fourth-order valence-electron chi connectivity index (χ4n) is 1.77. The molecule has 19 heavy (non-hydrogen) atoms. The van der Waals surface area contributed by atoms with E-state index in [9.17, 15) is 9.59 Å². The lowest BCUT2D eigenvalue weighted by Gasteiger charge is -2.30. The van der Waals surface area contributed by atoms with Crippen molar-refractivity contribution in [2.24, 2.45) is 5.41 Å². The molecule has 1 heterocycles. The van der Waals surface area contributed by atoms with Gasteiger partial charge in [-0.1, -0.05) is 6.92 Å². The molecular formula is C13H21N3O3. The topological polar surface area (TPSA) is 82.4 Å². The van der Waals surface area contributed by atoms with Crippen molar-refractivity contribution >= 4 is 11.8 Å². The molecule has 0 aromatic heterocycles. The molecule has 0 saturated carbocycles. The van der Waals surface area contributed by atoms with E-state index in [0.29, 0.717) is 32.7 Å². The van der Waals surface area contributed by atoms with Crippen LogP contribution in [0.5, 0.6) is 0 Å². The monoisotopic (exact) mass is 267 g/mol. The Morgan fingerprint density at radius 3 is 2.53 bits per heavy atom. The molecule has 1 fully saturated rings. The van der Waals surface area contributed by atoms with Crippen LogP contribution >= 0.6 is 0 Å². The number of carbonyl (C=O) groups excluding carboxylic acids is 2. The van der Waals surface area contributed by atoms with Crippen molar-refractivity contribution in [3.05, 3.63) is 0 Å². The fourth-order valence-corrected chi connectivity index (χ4v) is 1.77. The summed E-state index contributed by atoms with van der Waals surface area (Å²) in [6, 6.07) is 1.37. The normalized spacial score (nSPS) is 20.0. The molecule has 2 unspecified atom stereocenters. The average molecular weight is 267 g/mol. The number of nitrogens with zero attached hydrogens (tertiary/aromatic N) is 2. The highest BCUT2D eigenvalue weighted by atomic mass is 16.5. The predicted molar refractivity (Wildman–Crippen MR) is 69.0 cm³/mol. The van der Waals surface area contributed by atoms with E-state index in [1.165, 1.54) is 0 Å². The van der Waals surface area contributed by atoms with Gasteiger partial charge in [0.25, 0.3) is 0 Å². The highest BCUT2D eigenvalue weighted by molar-refractivity contribution is 5.91. The van der Waals surface area contributed by atoms with Crippen molar-refractivity contribution in [3.8, 4) is 6.07 Å². The van der Waals surface area contributed by atoms with E-state index in [1.807, 2.05) is 6.07 Å². The average Bonchev–Trinajstić information content (AvgIpc) is 2.46. The summed E-state index contributed by atoms with van der Waals surface area (Å²) in [5.41, 5.74) is -1.08. The van der Waals surface area contributed by atoms with Crippen LogP contribution in [0.25, 0.3) is 0 Å². The van der Waals surface area contributed by atoms with Crippen molar-refractivity contribution in [1.29, 1.82) is 5.26 Å². The molecule has 1 rings (SSSR count). The number of hydrogen-bond acceptors (Lipinski definition) is 4. The zero-order valence-electron chi connectivity index (χ0n) is 11.7. The van der Waals surface area contributed by atoms with E-state index >= 15 is 0 Å². The standard InChI is InChI=1S/C13H21N3O3/c1-4-13(3,9-14)12(18)15-10(2)11(17)16-5-7-19-8-6-16/h10H,4-8H2,1-3H3,(H,15,18). The van der Waals surface area contributed by atoms with Crippen LogP contribution in [0.1, 0.15) is 27.2 Å². The van der Waals surface area contributed by atoms with Crippen LogP contribution in [0.15, 0.2) is 0 Å². The maximum Gasteiger partial charge on any atom is 0.245 e. The summed E-state index contributed by atoms with van der Waals surface area (Å²) in [7, 11) is 0. The number of carbonyl (C=O) groups is 2. The second kappa shape index (κ2) is 6.53. The van der Waals surface area contributed by atoms with Gasteiger partial charge >= 0.3 is 0 Å². The molecule has 1 aliphatic heterocycles.